The summed E-state index contributed by atoms with van der Waals surface area (Å²) in [5.74, 6) is -2.16. The number of aliphatic hydroxyl groups excluding tert-OH is 1. The molecule has 7 heteroatoms. The molecule has 0 saturated carbocycles. The molecule has 1 amide bonds. The molecule has 0 fully saturated rings. The number of carbonyl (C=O) groups is 1. The van der Waals surface area contributed by atoms with E-state index < -0.39 is 29.2 Å². The lowest BCUT2D eigenvalue weighted by atomic mass is 10.1. The molecule has 118 valence electrons. The van der Waals surface area contributed by atoms with Crippen LogP contribution in [0.2, 0.25) is 0 Å². The van der Waals surface area contributed by atoms with Crippen LogP contribution in [0.4, 0.5) is 8.78 Å². The molecule has 2 rings (SSSR count). The molecule has 5 nitrogen and oxygen atoms in total. The molecular formula is C15H17F2N3O2. The average molecular weight is 309 g/mol. The van der Waals surface area contributed by atoms with Crippen molar-refractivity contribution in [3.8, 4) is 0 Å². The minimum absolute atomic E-state index is 0.301. The number of hydrogen-bond acceptors (Lipinski definition) is 3. The summed E-state index contributed by atoms with van der Waals surface area (Å²) in [6.45, 7) is 3.81. The zero-order valence-electron chi connectivity index (χ0n) is 12.3. The van der Waals surface area contributed by atoms with E-state index in [1.165, 1.54) is 10.7 Å². The van der Waals surface area contributed by atoms with Crippen LogP contribution in [-0.2, 0) is 6.54 Å². The van der Waals surface area contributed by atoms with Gasteiger partial charge in [0.15, 0.2) is 0 Å². The Labute approximate surface area is 126 Å². The maximum Gasteiger partial charge on any atom is 0.269 e. The van der Waals surface area contributed by atoms with E-state index in [2.05, 4.69) is 10.4 Å². The van der Waals surface area contributed by atoms with E-state index in [1.54, 1.807) is 13.0 Å². The fourth-order valence-corrected chi connectivity index (χ4v) is 2.18. The Bertz CT molecular complexity index is 665. The van der Waals surface area contributed by atoms with Gasteiger partial charge < -0.3 is 10.4 Å². The van der Waals surface area contributed by atoms with Gasteiger partial charge >= 0.3 is 0 Å². The first-order valence-electron chi connectivity index (χ1n) is 6.88. The third-order valence-corrected chi connectivity index (χ3v) is 3.22. The summed E-state index contributed by atoms with van der Waals surface area (Å²) < 4.78 is 28.6. The van der Waals surface area contributed by atoms with Crippen molar-refractivity contribution in [3.05, 3.63) is 52.9 Å². The highest BCUT2D eigenvalue weighted by atomic mass is 19.1. The van der Waals surface area contributed by atoms with Crippen LogP contribution in [0.25, 0.3) is 0 Å². The van der Waals surface area contributed by atoms with E-state index in [4.69, 9.17) is 0 Å². The van der Waals surface area contributed by atoms with Gasteiger partial charge in [-0.3, -0.25) is 9.48 Å². The lowest BCUT2D eigenvalue weighted by Gasteiger charge is -2.14. The number of halogens is 2. The van der Waals surface area contributed by atoms with Gasteiger partial charge in [-0.2, -0.15) is 5.10 Å². The van der Waals surface area contributed by atoms with E-state index in [0.29, 0.717) is 17.9 Å². The highest BCUT2D eigenvalue weighted by Crippen LogP contribution is 2.20. The van der Waals surface area contributed by atoms with Crippen LogP contribution in [0.3, 0.4) is 0 Å². The van der Waals surface area contributed by atoms with Gasteiger partial charge in [0.25, 0.3) is 5.91 Å². The number of aromatic nitrogens is 2. The molecule has 1 unspecified atom stereocenters. The van der Waals surface area contributed by atoms with Crippen LogP contribution in [0.15, 0.2) is 24.3 Å². The van der Waals surface area contributed by atoms with Crippen LogP contribution in [-0.4, -0.2) is 27.3 Å². The number of aryl methyl sites for hydroxylation is 2. The Morgan fingerprint density at radius 3 is 2.64 bits per heavy atom. The molecule has 0 saturated heterocycles. The molecule has 2 N–H and O–H groups in total. The maximum absolute atomic E-state index is 13.5. The summed E-state index contributed by atoms with van der Waals surface area (Å²) in [5, 5.41) is 16.5. The molecule has 0 aliphatic carbocycles. The lowest BCUT2D eigenvalue weighted by molar-refractivity contribution is 0.0901. The molecule has 1 aromatic carbocycles. The van der Waals surface area contributed by atoms with E-state index in [0.717, 1.165) is 12.1 Å². The molecule has 1 atom stereocenters. The van der Waals surface area contributed by atoms with E-state index in [9.17, 15) is 18.7 Å². The Morgan fingerprint density at radius 2 is 2.05 bits per heavy atom. The molecule has 1 heterocycles. The standard InChI is InChI=1S/C15H17F2N3O2/c1-3-20-12(7-9(2)19-20)15(22)18-8-13(21)14-10(16)5-4-6-11(14)17/h4-7,13,21H,3,8H2,1-2H3,(H,18,22). The van der Waals surface area contributed by atoms with Gasteiger partial charge in [0.2, 0.25) is 0 Å². The van der Waals surface area contributed by atoms with Gasteiger partial charge in [-0.25, -0.2) is 8.78 Å². The molecule has 0 spiro atoms. The van der Waals surface area contributed by atoms with Crippen molar-refractivity contribution in [2.24, 2.45) is 0 Å². The SMILES string of the molecule is CCn1nc(C)cc1C(=O)NCC(O)c1c(F)cccc1F. The predicted molar refractivity (Wildman–Crippen MR) is 76.3 cm³/mol. The lowest BCUT2D eigenvalue weighted by Crippen LogP contribution is -2.30. The van der Waals surface area contributed by atoms with Crippen LogP contribution in [0.1, 0.15) is 34.8 Å². The average Bonchev–Trinajstić information content (AvgIpc) is 2.85. The number of nitrogens with one attached hydrogen (secondary N) is 1. The summed E-state index contributed by atoms with van der Waals surface area (Å²) in [6.07, 6.45) is -1.47. The number of carbonyl (C=O) groups excluding carboxylic acids is 1. The normalized spacial score (nSPS) is 12.2. The summed E-state index contributed by atoms with van der Waals surface area (Å²) in [6, 6.07) is 4.93. The van der Waals surface area contributed by atoms with Crippen molar-refractivity contribution < 1.29 is 18.7 Å². The molecule has 0 aliphatic rings. The van der Waals surface area contributed by atoms with Crippen molar-refractivity contribution in [1.82, 2.24) is 15.1 Å². The molecule has 2 aromatic rings. The maximum atomic E-state index is 13.5. The fourth-order valence-electron chi connectivity index (χ4n) is 2.18. The van der Waals surface area contributed by atoms with E-state index >= 15 is 0 Å². The molecule has 0 bridgehead atoms. The number of rotatable bonds is 5. The Kier molecular flexibility index (Phi) is 4.87. The minimum atomic E-state index is -1.47. The second-order valence-electron chi connectivity index (χ2n) is 4.85. The van der Waals surface area contributed by atoms with Gasteiger partial charge in [0, 0.05) is 13.1 Å². The van der Waals surface area contributed by atoms with Crippen LogP contribution >= 0.6 is 0 Å². The highest BCUT2D eigenvalue weighted by Gasteiger charge is 2.20. The summed E-state index contributed by atoms with van der Waals surface area (Å²) in [7, 11) is 0. The first kappa shape index (κ1) is 16.1. The van der Waals surface area contributed by atoms with Crippen molar-refractivity contribution >= 4 is 5.91 Å². The van der Waals surface area contributed by atoms with Crippen molar-refractivity contribution in [2.45, 2.75) is 26.5 Å². The molecule has 22 heavy (non-hydrogen) atoms. The van der Waals surface area contributed by atoms with Crippen LogP contribution < -0.4 is 5.32 Å². The van der Waals surface area contributed by atoms with Gasteiger partial charge in [0.1, 0.15) is 23.4 Å². The number of amides is 1. The van der Waals surface area contributed by atoms with Crippen LogP contribution in [0.5, 0.6) is 0 Å². The first-order chi connectivity index (χ1) is 10.4. The molecule has 0 radical (unpaired) electrons. The summed E-state index contributed by atoms with van der Waals surface area (Å²) in [5.41, 5.74) is 0.567. The fraction of sp³-hybridized carbons (Fsp3) is 0.333. The largest absolute Gasteiger partial charge is 0.386 e. The van der Waals surface area contributed by atoms with Gasteiger partial charge in [0.05, 0.1) is 11.3 Å². The molecule has 1 aromatic heterocycles. The first-order valence-corrected chi connectivity index (χ1v) is 6.88. The summed E-state index contributed by atoms with van der Waals surface area (Å²) >= 11 is 0. The second kappa shape index (κ2) is 6.65. The third kappa shape index (κ3) is 3.30. The van der Waals surface area contributed by atoms with Crippen LogP contribution in [0, 0.1) is 18.6 Å². The predicted octanol–water partition coefficient (Wildman–Crippen LogP) is 1.95. The quantitative estimate of drug-likeness (QED) is 0.887. The summed E-state index contributed by atoms with van der Waals surface area (Å²) in [4.78, 5) is 12.1. The third-order valence-electron chi connectivity index (χ3n) is 3.22. The number of hydrogen-bond donors (Lipinski definition) is 2. The minimum Gasteiger partial charge on any atom is -0.386 e. The van der Waals surface area contributed by atoms with E-state index in [-0.39, 0.29) is 6.54 Å². The molecule has 0 aliphatic heterocycles. The second-order valence-corrected chi connectivity index (χ2v) is 4.85. The van der Waals surface area contributed by atoms with Crippen molar-refractivity contribution in [2.75, 3.05) is 6.54 Å². The topological polar surface area (TPSA) is 67.2 Å². The van der Waals surface area contributed by atoms with Gasteiger partial charge in [-0.15, -0.1) is 0 Å². The number of aliphatic hydroxyl groups is 1. The van der Waals surface area contributed by atoms with Gasteiger partial charge in [-0.05, 0) is 32.0 Å². The zero-order valence-corrected chi connectivity index (χ0v) is 12.3. The van der Waals surface area contributed by atoms with Gasteiger partial charge in [-0.1, -0.05) is 6.07 Å². The Hall–Kier alpha value is -2.28. The Balaban J connectivity index is 2.07. The highest BCUT2D eigenvalue weighted by molar-refractivity contribution is 5.92. The van der Waals surface area contributed by atoms with Crippen molar-refractivity contribution in [3.63, 3.8) is 0 Å². The molecular weight excluding hydrogens is 292 g/mol. The smallest absolute Gasteiger partial charge is 0.269 e. The van der Waals surface area contributed by atoms with E-state index in [1.807, 2.05) is 6.92 Å². The monoisotopic (exact) mass is 309 g/mol. The number of nitrogens with zero attached hydrogens (tertiary/aromatic N) is 2. The Morgan fingerprint density at radius 1 is 1.41 bits per heavy atom. The number of benzene rings is 1. The van der Waals surface area contributed by atoms with Crippen molar-refractivity contribution in [1.29, 1.82) is 0 Å². The zero-order chi connectivity index (χ0) is 16.3.